The first kappa shape index (κ1) is 20.5. The van der Waals surface area contributed by atoms with E-state index in [-0.39, 0.29) is 5.97 Å². The van der Waals surface area contributed by atoms with Gasteiger partial charge >= 0.3 is 5.97 Å². The van der Waals surface area contributed by atoms with E-state index in [4.69, 9.17) is 14.6 Å². The zero-order valence-electron chi connectivity index (χ0n) is 18.5. The largest absolute Gasteiger partial charge is 0.466 e. The summed E-state index contributed by atoms with van der Waals surface area (Å²) < 4.78 is 5.61. The van der Waals surface area contributed by atoms with Gasteiger partial charge in [0.1, 0.15) is 11.5 Å². The van der Waals surface area contributed by atoms with Crippen molar-refractivity contribution < 1.29 is 14.4 Å². The highest BCUT2D eigenvalue weighted by atomic mass is 16.7. The Hall–Kier alpha value is -3.44. The number of para-hydroxylation sites is 2. The summed E-state index contributed by atoms with van der Waals surface area (Å²) in [4.78, 5) is 25.2. The predicted molar refractivity (Wildman–Crippen MR) is 125 cm³/mol. The number of ether oxygens (including phenoxy) is 1. The summed E-state index contributed by atoms with van der Waals surface area (Å²) in [5, 5.41) is 1.89. The van der Waals surface area contributed by atoms with E-state index >= 15 is 0 Å². The van der Waals surface area contributed by atoms with E-state index in [1.54, 1.807) is 0 Å². The Morgan fingerprint density at radius 3 is 2.28 bits per heavy atom. The molecule has 162 valence electrons. The molecule has 0 unspecified atom stereocenters. The quantitative estimate of drug-likeness (QED) is 0.522. The molecule has 0 amide bonds. The minimum absolute atomic E-state index is 0.294. The Bertz CT molecular complexity index is 1170. The number of hydroxylamine groups is 1. The number of aliphatic imine (C=N–C) groups is 1. The zero-order valence-corrected chi connectivity index (χ0v) is 18.5. The molecule has 0 spiro atoms. The van der Waals surface area contributed by atoms with Gasteiger partial charge < -0.3 is 4.74 Å². The van der Waals surface area contributed by atoms with Crippen molar-refractivity contribution in [2.75, 3.05) is 11.7 Å². The molecule has 5 nitrogen and oxygen atoms in total. The number of carbonyl (C=O) groups is 1. The first-order chi connectivity index (χ1) is 15.5. The molecule has 0 aliphatic carbocycles. The molecule has 3 aromatic carbocycles. The molecule has 1 fully saturated rings. The van der Waals surface area contributed by atoms with Crippen molar-refractivity contribution in [3.05, 3.63) is 96.1 Å². The molecule has 32 heavy (non-hydrogen) atoms. The van der Waals surface area contributed by atoms with E-state index in [1.165, 1.54) is 0 Å². The van der Waals surface area contributed by atoms with Crippen LogP contribution in [0, 0.1) is 5.92 Å². The molecule has 0 saturated carbocycles. The van der Waals surface area contributed by atoms with Gasteiger partial charge in [-0.1, -0.05) is 66.7 Å². The van der Waals surface area contributed by atoms with E-state index in [0.29, 0.717) is 6.61 Å². The van der Waals surface area contributed by atoms with Crippen molar-refractivity contribution in [3.8, 4) is 0 Å². The van der Waals surface area contributed by atoms with Crippen molar-refractivity contribution in [1.29, 1.82) is 0 Å². The maximum atomic E-state index is 13.5. The second-order valence-corrected chi connectivity index (χ2v) is 8.62. The topological polar surface area (TPSA) is 51.1 Å². The van der Waals surface area contributed by atoms with Crippen LogP contribution >= 0.6 is 0 Å². The second-order valence-electron chi connectivity index (χ2n) is 8.62. The van der Waals surface area contributed by atoms with Crippen molar-refractivity contribution in [2.45, 2.75) is 31.9 Å². The number of anilines is 1. The van der Waals surface area contributed by atoms with Gasteiger partial charge in [0.15, 0.2) is 5.54 Å². The minimum Gasteiger partial charge on any atom is -0.466 e. The third-order valence-corrected chi connectivity index (χ3v) is 6.23. The molecule has 0 bridgehead atoms. The lowest BCUT2D eigenvalue weighted by molar-refractivity contribution is -0.154. The first-order valence-corrected chi connectivity index (χ1v) is 10.9. The van der Waals surface area contributed by atoms with Crippen LogP contribution in [-0.2, 0) is 19.9 Å². The maximum Gasteiger partial charge on any atom is 0.315 e. The number of rotatable bonds is 4. The number of benzene rings is 3. The van der Waals surface area contributed by atoms with Gasteiger partial charge in [-0.2, -0.15) is 0 Å². The summed E-state index contributed by atoms with van der Waals surface area (Å²) in [5.74, 6) is -0.926. The summed E-state index contributed by atoms with van der Waals surface area (Å²) in [7, 11) is 0. The number of esters is 1. The van der Waals surface area contributed by atoms with Crippen LogP contribution in [0.1, 0.15) is 31.9 Å². The van der Waals surface area contributed by atoms with Crippen LogP contribution < -0.4 is 5.06 Å². The molecule has 2 heterocycles. The SMILES string of the molecule is CCOC(=O)[C@H]1C(C)(C)ON2c3ccccc3C(=Nc3ccccc3)[C@@]12c1ccccc1. The van der Waals surface area contributed by atoms with Crippen molar-refractivity contribution in [3.63, 3.8) is 0 Å². The molecule has 2 aliphatic rings. The first-order valence-electron chi connectivity index (χ1n) is 10.9. The van der Waals surface area contributed by atoms with Gasteiger partial charge in [0, 0.05) is 5.56 Å². The Morgan fingerprint density at radius 2 is 1.59 bits per heavy atom. The predicted octanol–water partition coefficient (Wildman–Crippen LogP) is 5.43. The Balaban J connectivity index is 1.87. The summed E-state index contributed by atoms with van der Waals surface area (Å²) in [6, 6.07) is 27.9. The van der Waals surface area contributed by atoms with Crippen LogP contribution in [0.5, 0.6) is 0 Å². The van der Waals surface area contributed by atoms with E-state index in [9.17, 15) is 4.79 Å². The molecule has 0 aromatic heterocycles. The highest BCUT2D eigenvalue weighted by Gasteiger charge is 2.70. The molecular formula is C27H26N2O3. The monoisotopic (exact) mass is 426 g/mol. The normalized spacial score (nSPS) is 24.3. The van der Waals surface area contributed by atoms with E-state index < -0.39 is 17.1 Å². The Kier molecular flexibility index (Phi) is 4.86. The fraction of sp³-hybridized carbons (Fsp3) is 0.259. The average Bonchev–Trinajstić information content (AvgIpc) is 3.20. The number of hydrogen-bond donors (Lipinski definition) is 0. The van der Waals surface area contributed by atoms with E-state index in [2.05, 4.69) is 0 Å². The molecular weight excluding hydrogens is 400 g/mol. The van der Waals surface area contributed by atoms with Crippen LogP contribution in [-0.4, -0.2) is 23.9 Å². The van der Waals surface area contributed by atoms with Crippen LogP contribution in [0.25, 0.3) is 0 Å². The van der Waals surface area contributed by atoms with Gasteiger partial charge in [-0.15, -0.1) is 0 Å². The van der Waals surface area contributed by atoms with Crippen molar-refractivity contribution in [1.82, 2.24) is 0 Å². The fourth-order valence-corrected chi connectivity index (χ4v) is 5.08. The smallest absolute Gasteiger partial charge is 0.315 e. The standard InChI is InChI=1S/C27H26N2O3/c1-4-31-25(30)23-26(2,3)32-29-22-18-12-11-17-21(22)24(28-20-15-9-6-10-16-20)27(23,29)19-13-7-5-8-14-19/h5-18,23H,4H2,1-3H3/t23-,27+/m0/s1. The Labute approximate surface area is 188 Å². The van der Waals surface area contributed by atoms with Crippen molar-refractivity contribution >= 4 is 23.1 Å². The van der Waals surface area contributed by atoms with Gasteiger partial charge in [0.25, 0.3) is 0 Å². The number of carbonyl (C=O) groups excluding carboxylic acids is 1. The third-order valence-electron chi connectivity index (χ3n) is 6.23. The maximum absolute atomic E-state index is 13.5. The van der Waals surface area contributed by atoms with Crippen LogP contribution in [0.4, 0.5) is 11.4 Å². The summed E-state index contributed by atoms with van der Waals surface area (Å²) >= 11 is 0. The zero-order chi connectivity index (χ0) is 22.3. The molecule has 1 saturated heterocycles. The van der Waals surface area contributed by atoms with Gasteiger partial charge in [0.05, 0.1) is 23.7 Å². The van der Waals surface area contributed by atoms with Gasteiger partial charge in [-0.3, -0.25) is 9.63 Å². The lowest BCUT2D eigenvalue weighted by Crippen LogP contribution is -2.52. The van der Waals surface area contributed by atoms with E-state index in [1.807, 2.05) is 111 Å². The van der Waals surface area contributed by atoms with Crippen LogP contribution in [0.15, 0.2) is 89.9 Å². The Morgan fingerprint density at radius 1 is 0.969 bits per heavy atom. The van der Waals surface area contributed by atoms with Crippen molar-refractivity contribution in [2.24, 2.45) is 10.9 Å². The summed E-state index contributed by atoms with van der Waals surface area (Å²) in [5.41, 5.74) is 2.62. The molecule has 2 atom stereocenters. The lowest BCUT2D eigenvalue weighted by atomic mass is 9.69. The van der Waals surface area contributed by atoms with Gasteiger partial charge in [0.2, 0.25) is 0 Å². The molecule has 2 aliphatic heterocycles. The van der Waals surface area contributed by atoms with Gasteiger partial charge in [-0.05, 0) is 44.5 Å². The number of fused-ring (bicyclic) bond motifs is 3. The second kappa shape index (κ2) is 7.61. The average molecular weight is 427 g/mol. The number of hydrogen-bond acceptors (Lipinski definition) is 5. The fourth-order valence-electron chi connectivity index (χ4n) is 5.08. The molecule has 0 radical (unpaired) electrons. The number of nitrogens with zero attached hydrogens (tertiary/aromatic N) is 2. The molecule has 5 rings (SSSR count). The molecule has 5 heteroatoms. The van der Waals surface area contributed by atoms with E-state index in [0.717, 1.165) is 28.2 Å². The van der Waals surface area contributed by atoms with Gasteiger partial charge in [-0.25, -0.2) is 10.1 Å². The highest BCUT2D eigenvalue weighted by molar-refractivity contribution is 6.20. The molecule has 3 aromatic rings. The van der Waals surface area contributed by atoms with Crippen LogP contribution in [0.2, 0.25) is 0 Å². The minimum atomic E-state index is -0.962. The summed E-state index contributed by atoms with van der Waals surface area (Å²) in [6.07, 6.45) is 0. The molecule has 0 N–H and O–H groups in total. The van der Waals surface area contributed by atoms with Crippen LogP contribution in [0.3, 0.4) is 0 Å². The highest BCUT2D eigenvalue weighted by Crippen LogP contribution is 2.59. The third kappa shape index (κ3) is 2.88. The summed E-state index contributed by atoms with van der Waals surface area (Å²) in [6.45, 7) is 6.02. The lowest BCUT2D eigenvalue weighted by Gasteiger charge is -2.36.